The number of thiophene rings is 1. The van der Waals surface area contributed by atoms with E-state index in [-0.39, 0.29) is 18.1 Å². The molecule has 100 valence electrons. The number of carbonyl (C=O) groups is 1. The lowest BCUT2D eigenvalue weighted by molar-refractivity contribution is -0.141. The first kappa shape index (κ1) is 13.5. The molecule has 5 heteroatoms. The lowest BCUT2D eigenvalue weighted by atomic mass is 10.2. The van der Waals surface area contributed by atoms with Crippen molar-refractivity contribution in [3.05, 3.63) is 22.4 Å². The Morgan fingerprint density at radius 1 is 1.61 bits per heavy atom. The molecule has 1 aliphatic rings. The summed E-state index contributed by atoms with van der Waals surface area (Å²) in [4.78, 5) is 15.2. The van der Waals surface area contributed by atoms with Crippen molar-refractivity contribution >= 4 is 17.2 Å². The quantitative estimate of drug-likeness (QED) is 0.874. The topological polar surface area (TPSA) is 55.6 Å². The highest BCUT2D eigenvalue weighted by molar-refractivity contribution is 7.09. The molecule has 0 spiro atoms. The van der Waals surface area contributed by atoms with Crippen LogP contribution in [0.1, 0.15) is 17.7 Å². The number of likely N-dealkylation sites (N-methyl/N-ethyl adjacent to an activating group) is 1. The average molecular weight is 268 g/mol. The van der Waals surface area contributed by atoms with Gasteiger partial charge in [-0.2, -0.15) is 0 Å². The summed E-state index contributed by atoms with van der Waals surface area (Å²) in [6.07, 6.45) is 2.37. The molecule has 0 bridgehead atoms. The van der Waals surface area contributed by atoms with Crippen LogP contribution in [0.3, 0.4) is 0 Å². The van der Waals surface area contributed by atoms with Crippen LogP contribution in [-0.2, 0) is 16.0 Å². The number of carbonyl (C=O) groups excluding carboxylic acids is 1. The van der Waals surface area contributed by atoms with Gasteiger partial charge in [0, 0.05) is 25.0 Å². The average Bonchev–Trinajstić information content (AvgIpc) is 3.05. The van der Waals surface area contributed by atoms with Crippen LogP contribution in [0.15, 0.2) is 17.5 Å². The zero-order valence-electron chi connectivity index (χ0n) is 10.7. The van der Waals surface area contributed by atoms with Crippen LogP contribution in [0.5, 0.6) is 0 Å². The standard InChI is InChI=1S/C13H20N2O2S/c1-15(7-6-11-3-2-8-18-11)13(16)12-5-4-10(9-14)17-12/h2-3,8,10,12H,4-7,9,14H2,1H3. The normalized spacial score (nSPS) is 23.2. The summed E-state index contributed by atoms with van der Waals surface area (Å²) >= 11 is 1.73. The fraction of sp³-hybridized carbons (Fsp3) is 0.615. The minimum absolute atomic E-state index is 0.0599. The van der Waals surface area contributed by atoms with E-state index in [0.717, 1.165) is 25.8 Å². The minimum Gasteiger partial charge on any atom is -0.364 e. The maximum absolute atomic E-state index is 12.1. The third-order valence-electron chi connectivity index (χ3n) is 3.30. The third-order valence-corrected chi connectivity index (χ3v) is 4.23. The molecule has 18 heavy (non-hydrogen) atoms. The Labute approximate surface area is 112 Å². The largest absolute Gasteiger partial charge is 0.364 e. The second-order valence-electron chi connectivity index (χ2n) is 4.65. The van der Waals surface area contributed by atoms with Gasteiger partial charge in [-0.1, -0.05) is 6.07 Å². The summed E-state index contributed by atoms with van der Waals surface area (Å²) in [6.45, 7) is 1.25. The summed E-state index contributed by atoms with van der Waals surface area (Å²) in [5.41, 5.74) is 5.55. The zero-order chi connectivity index (χ0) is 13.0. The molecule has 0 aliphatic carbocycles. The van der Waals surface area contributed by atoms with Crippen molar-refractivity contribution < 1.29 is 9.53 Å². The highest BCUT2D eigenvalue weighted by Crippen LogP contribution is 2.20. The van der Waals surface area contributed by atoms with Crippen molar-refractivity contribution in [2.45, 2.75) is 31.5 Å². The molecule has 1 aromatic heterocycles. The Hall–Kier alpha value is -0.910. The molecule has 2 N–H and O–H groups in total. The van der Waals surface area contributed by atoms with E-state index in [9.17, 15) is 4.79 Å². The van der Waals surface area contributed by atoms with E-state index in [4.69, 9.17) is 10.5 Å². The van der Waals surface area contributed by atoms with Crippen molar-refractivity contribution in [3.63, 3.8) is 0 Å². The lowest BCUT2D eigenvalue weighted by Crippen LogP contribution is -2.38. The summed E-state index contributed by atoms with van der Waals surface area (Å²) in [7, 11) is 1.84. The molecule has 2 atom stereocenters. The first-order valence-electron chi connectivity index (χ1n) is 6.33. The van der Waals surface area contributed by atoms with Crippen LogP contribution in [0.25, 0.3) is 0 Å². The molecule has 0 aromatic carbocycles. The fourth-order valence-electron chi connectivity index (χ4n) is 2.15. The monoisotopic (exact) mass is 268 g/mol. The van der Waals surface area contributed by atoms with Gasteiger partial charge in [-0.05, 0) is 30.7 Å². The summed E-state index contributed by atoms with van der Waals surface area (Å²) in [6, 6.07) is 4.13. The van der Waals surface area contributed by atoms with E-state index < -0.39 is 0 Å². The number of amides is 1. The van der Waals surface area contributed by atoms with Crippen LogP contribution in [0.2, 0.25) is 0 Å². The zero-order valence-corrected chi connectivity index (χ0v) is 11.5. The maximum atomic E-state index is 12.1. The number of nitrogens with two attached hydrogens (primary N) is 1. The van der Waals surface area contributed by atoms with E-state index in [1.54, 1.807) is 16.2 Å². The van der Waals surface area contributed by atoms with Crippen molar-refractivity contribution in [2.75, 3.05) is 20.1 Å². The molecule has 0 saturated carbocycles. The summed E-state index contributed by atoms with van der Waals surface area (Å²) < 4.78 is 5.62. The summed E-state index contributed by atoms with van der Waals surface area (Å²) in [5.74, 6) is 0.0857. The number of hydrogen-bond donors (Lipinski definition) is 1. The van der Waals surface area contributed by atoms with Crippen molar-refractivity contribution in [1.29, 1.82) is 0 Å². The van der Waals surface area contributed by atoms with E-state index >= 15 is 0 Å². The molecule has 2 unspecified atom stereocenters. The van der Waals surface area contributed by atoms with Crippen LogP contribution < -0.4 is 5.73 Å². The van der Waals surface area contributed by atoms with Gasteiger partial charge in [0.05, 0.1) is 6.10 Å². The molecule has 1 saturated heterocycles. The van der Waals surface area contributed by atoms with E-state index in [2.05, 4.69) is 11.4 Å². The number of hydrogen-bond acceptors (Lipinski definition) is 4. The minimum atomic E-state index is -0.285. The number of ether oxygens (including phenoxy) is 1. The van der Waals surface area contributed by atoms with Gasteiger partial charge in [0.1, 0.15) is 6.10 Å². The van der Waals surface area contributed by atoms with Crippen molar-refractivity contribution in [2.24, 2.45) is 5.73 Å². The van der Waals surface area contributed by atoms with Crippen LogP contribution in [0, 0.1) is 0 Å². The van der Waals surface area contributed by atoms with Gasteiger partial charge < -0.3 is 15.4 Å². The molecule has 2 heterocycles. The Bertz CT molecular complexity index is 380. The molecular formula is C13H20N2O2S. The van der Waals surface area contributed by atoms with Crippen LogP contribution >= 0.6 is 11.3 Å². The maximum Gasteiger partial charge on any atom is 0.251 e. The van der Waals surface area contributed by atoms with Crippen molar-refractivity contribution in [3.8, 4) is 0 Å². The Morgan fingerprint density at radius 3 is 3.06 bits per heavy atom. The Morgan fingerprint density at radius 2 is 2.44 bits per heavy atom. The van der Waals surface area contributed by atoms with E-state index in [0.29, 0.717) is 6.54 Å². The first-order valence-corrected chi connectivity index (χ1v) is 7.21. The Kier molecular flexibility index (Phi) is 4.74. The molecule has 1 aromatic rings. The third kappa shape index (κ3) is 3.31. The SMILES string of the molecule is CN(CCc1cccs1)C(=O)C1CCC(CN)O1. The smallest absolute Gasteiger partial charge is 0.251 e. The fourth-order valence-corrected chi connectivity index (χ4v) is 2.85. The second-order valence-corrected chi connectivity index (χ2v) is 5.68. The van der Waals surface area contributed by atoms with E-state index in [1.165, 1.54) is 4.88 Å². The molecule has 2 rings (SSSR count). The van der Waals surface area contributed by atoms with Gasteiger partial charge in [-0.25, -0.2) is 0 Å². The molecular weight excluding hydrogens is 248 g/mol. The van der Waals surface area contributed by atoms with Gasteiger partial charge in [0.2, 0.25) is 0 Å². The van der Waals surface area contributed by atoms with Gasteiger partial charge in [-0.15, -0.1) is 11.3 Å². The van der Waals surface area contributed by atoms with E-state index in [1.807, 2.05) is 13.1 Å². The predicted octanol–water partition coefficient (Wildman–Crippen LogP) is 1.26. The first-order chi connectivity index (χ1) is 8.70. The summed E-state index contributed by atoms with van der Waals surface area (Å²) in [5, 5.41) is 2.06. The lowest BCUT2D eigenvalue weighted by Gasteiger charge is -2.21. The molecule has 4 nitrogen and oxygen atoms in total. The molecule has 1 aliphatic heterocycles. The van der Waals surface area contributed by atoms with Crippen LogP contribution in [0.4, 0.5) is 0 Å². The Balaban J connectivity index is 1.78. The highest BCUT2D eigenvalue weighted by atomic mass is 32.1. The second kappa shape index (κ2) is 6.31. The molecule has 0 radical (unpaired) electrons. The highest BCUT2D eigenvalue weighted by Gasteiger charge is 2.31. The molecule has 1 amide bonds. The van der Waals surface area contributed by atoms with Gasteiger partial charge >= 0.3 is 0 Å². The van der Waals surface area contributed by atoms with Crippen LogP contribution in [-0.4, -0.2) is 43.2 Å². The number of rotatable bonds is 5. The van der Waals surface area contributed by atoms with Crippen molar-refractivity contribution in [1.82, 2.24) is 4.90 Å². The predicted molar refractivity (Wildman–Crippen MR) is 72.6 cm³/mol. The van der Waals surface area contributed by atoms with Gasteiger partial charge in [0.15, 0.2) is 0 Å². The number of nitrogens with zero attached hydrogens (tertiary/aromatic N) is 1. The van der Waals surface area contributed by atoms with Gasteiger partial charge in [0.25, 0.3) is 5.91 Å². The van der Waals surface area contributed by atoms with Gasteiger partial charge in [-0.3, -0.25) is 4.79 Å². The molecule has 1 fully saturated rings.